The number of fused-ring (bicyclic) bond motifs is 5. The highest BCUT2D eigenvalue weighted by Gasteiger charge is 2.93. The highest BCUT2D eigenvalue weighted by Crippen LogP contribution is 2.75. The smallest absolute Gasteiger partial charge is 0.342 e. The standard InChI is InChI=1S/C28H30O10/c1-23-10-18-25(3)28-19(23)20(31)27(38-28,35-11-15(23)21(32)36-18)14-9-16(29)13-5-4-6-17(30)24(13,2)12(14)7-8-26(28,34)22(33)37-25/h4-6,12,14-16,18-19,29,34H,7-11H2,1-3H3/t12-,14+,15-,16-,18-,19+,23?,24-,25?,26-,27-,28?/m0/s1. The summed E-state index contributed by atoms with van der Waals surface area (Å²) in [7, 11) is 0. The van der Waals surface area contributed by atoms with Crippen LogP contribution in [-0.4, -0.2) is 75.1 Å². The van der Waals surface area contributed by atoms with E-state index in [4.69, 9.17) is 18.9 Å². The Bertz CT molecular complexity index is 1330. The fourth-order valence-electron chi connectivity index (χ4n) is 10.1. The van der Waals surface area contributed by atoms with Gasteiger partial charge in [0.05, 0.1) is 30.0 Å². The van der Waals surface area contributed by atoms with Crippen LogP contribution in [0.4, 0.5) is 0 Å². The van der Waals surface area contributed by atoms with Gasteiger partial charge in [0.15, 0.2) is 28.4 Å². The van der Waals surface area contributed by atoms with Gasteiger partial charge in [0.2, 0.25) is 5.79 Å². The third-order valence-corrected chi connectivity index (χ3v) is 12.0. The van der Waals surface area contributed by atoms with Gasteiger partial charge in [-0.1, -0.05) is 19.1 Å². The fraction of sp³-hybridized carbons (Fsp3) is 0.714. The van der Waals surface area contributed by atoms with Crippen molar-refractivity contribution in [2.75, 3.05) is 6.61 Å². The topological polar surface area (TPSA) is 146 Å². The number of allylic oxidation sites excluding steroid dienone is 3. The molecular formula is C28H30O10. The Balaban J connectivity index is 1.43. The lowest BCUT2D eigenvalue weighted by atomic mass is 9.46. The lowest BCUT2D eigenvalue weighted by molar-refractivity contribution is -0.376. The van der Waals surface area contributed by atoms with Crippen LogP contribution in [0.25, 0.3) is 0 Å². The van der Waals surface area contributed by atoms with Gasteiger partial charge in [0.1, 0.15) is 6.10 Å². The molecule has 8 rings (SSSR count). The molecule has 3 unspecified atom stereocenters. The van der Waals surface area contributed by atoms with Crippen molar-refractivity contribution in [1.82, 2.24) is 0 Å². The van der Waals surface area contributed by atoms with Gasteiger partial charge in [0.25, 0.3) is 0 Å². The number of ketones is 2. The Labute approximate surface area is 218 Å². The van der Waals surface area contributed by atoms with Crippen molar-refractivity contribution in [3.8, 4) is 0 Å². The normalized spacial score (nSPS) is 59.2. The van der Waals surface area contributed by atoms with Crippen LogP contribution in [0, 0.1) is 34.5 Å². The van der Waals surface area contributed by atoms with Crippen LogP contribution >= 0.6 is 0 Å². The van der Waals surface area contributed by atoms with E-state index in [0.29, 0.717) is 5.57 Å². The zero-order valence-corrected chi connectivity index (χ0v) is 21.4. The molecule has 3 aliphatic carbocycles. The average Bonchev–Trinajstić information content (AvgIpc) is 3.17. The van der Waals surface area contributed by atoms with Crippen LogP contribution in [0.5, 0.6) is 0 Å². The second-order valence-corrected chi connectivity index (χ2v) is 13.2. The molecule has 10 nitrogen and oxygen atoms in total. The summed E-state index contributed by atoms with van der Waals surface area (Å²) >= 11 is 0. The molecule has 0 aromatic rings. The number of rotatable bonds is 0. The highest BCUT2D eigenvalue weighted by molar-refractivity contribution is 6.01. The van der Waals surface area contributed by atoms with Crippen molar-refractivity contribution in [3.05, 3.63) is 23.8 Å². The molecule has 5 bridgehead atoms. The summed E-state index contributed by atoms with van der Waals surface area (Å²) in [6.45, 7) is 4.98. The van der Waals surface area contributed by atoms with Crippen molar-refractivity contribution in [2.24, 2.45) is 34.5 Å². The summed E-state index contributed by atoms with van der Waals surface area (Å²) in [5, 5.41) is 23.7. The van der Waals surface area contributed by atoms with E-state index >= 15 is 0 Å². The number of hydrogen-bond acceptors (Lipinski definition) is 10. The van der Waals surface area contributed by atoms with E-state index in [2.05, 4.69) is 0 Å². The van der Waals surface area contributed by atoms with Crippen LogP contribution in [0.15, 0.2) is 23.8 Å². The molecule has 2 spiro atoms. The van der Waals surface area contributed by atoms with Gasteiger partial charge >= 0.3 is 11.9 Å². The average molecular weight is 527 g/mol. The quantitative estimate of drug-likeness (QED) is 0.429. The van der Waals surface area contributed by atoms with E-state index in [1.54, 1.807) is 26.0 Å². The number of hydrogen-bond donors (Lipinski definition) is 2. The second-order valence-electron chi connectivity index (χ2n) is 13.2. The number of esters is 2. The minimum absolute atomic E-state index is 0.0843. The lowest BCUT2D eigenvalue weighted by Crippen LogP contribution is -2.79. The lowest BCUT2D eigenvalue weighted by Gasteiger charge is -2.63. The zero-order chi connectivity index (χ0) is 26.8. The van der Waals surface area contributed by atoms with Gasteiger partial charge in [-0.25, -0.2) is 4.79 Å². The van der Waals surface area contributed by atoms with Gasteiger partial charge in [-0.05, 0) is 62.5 Å². The summed E-state index contributed by atoms with van der Waals surface area (Å²) in [4.78, 5) is 55.3. The van der Waals surface area contributed by atoms with Crippen LogP contribution in [-0.2, 0) is 38.1 Å². The van der Waals surface area contributed by atoms with Crippen molar-refractivity contribution in [2.45, 2.75) is 81.3 Å². The molecule has 8 aliphatic rings. The molecule has 0 amide bonds. The molecule has 0 aromatic heterocycles. The van der Waals surface area contributed by atoms with Gasteiger partial charge in [-0.2, -0.15) is 0 Å². The predicted molar refractivity (Wildman–Crippen MR) is 124 cm³/mol. The molecule has 7 fully saturated rings. The minimum atomic E-state index is -2.24. The second kappa shape index (κ2) is 6.32. The first-order chi connectivity index (χ1) is 17.8. The number of aliphatic hydroxyl groups excluding tert-OH is 1. The summed E-state index contributed by atoms with van der Waals surface area (Å²) in [5.41, 5.74) is -7.44. The summed E-state index contributed by atoms with van der Waals surface area (Å²) in [6.07, 6.45) is 3.22. The summed E-state index contributed by atoms with van der Waals surface area (Å²) < 4.78 is 25.0. The van der Waals surface area contributed by atoms with Crippen molar-refractivity contribution >= 4 is 23.5 Å². The summed E-state index contributed by atoms with van der Waals surface area (Å²) in [6, 6.07) is 0. The first-order valence-corrected chi connectivity index (χ1v) is 13.5. The SMILES string of the molecule is CC12C[C@@H]3OC(=O)[C@@H]1CO[C@@]14OC5([C@@H]2C1=O)C3(C)OC(=O)[C@@]5(O)CC[C@H]1[C@H]4C[C@H](O)C2=CC=CC(=O)[C@]21C. The van der Waals surface area contributed by atoms with E-state index in [1.165, 1.54) is 6.08 Å². The van der Waals surface area contributed by atoms with Gasteiger partial charge < -0.3 is 29.2 Å². The molecular weight excluding hydrogens is 496 g/mol. The molecule has 5 heterocycles. The number of carbonyl (C=O) groups excluding carboxylic acids is 4. The maximum atomic E-state index is 14.9. The minimum Gasteiger partial charge on any atom is -0.458 e. The molecule has 5 saturated heterocycles. The Hall–Kier alpha value is -2.40. The van der Waals surface area contributed by atoms with Gasteiger partial charge in [0, 0.05) is 5.92 Å². The molecule has 0 radical (unpaired) electrons. The van der Waals surface area contributed by atoms with Crippen LogP contribution in [0.1, 0.15) is 46.5 Å². The third-order valence-electron chi connectivity index (χ3n) is 12.0. The largest absolute Gasteiger partial charge is 0.458 e. The molecule has 12 atom stereocenters. The van der Waals surface area contributed by atoms with E-state index in [0.717, 1.165) is 0 Å². The Morgan fingerprint density at radius 1 is 1.08 bits per heavy atom. The fourth-order valence-corrected chi connectivity index (χ4v) is 10.1. The first-order valence-electron chi connectivity index (χ1n) is 13.5. The molecule has 0 aromatic carbocycles. The van der Waals surface area contributed by atoms with E-state index < -0.39 is 87.0 Å². The summed E-state index contributed by atoms with van der Waals surface area (Å²) in [5.74, 6) is -7.45. The zero-order valence-electron chi connectivity index (χ0n) is 21.4. The van der Waals surface area contributed by atoms with E-state index in [1.807, 2.05) is 6.92 Å². The van der Waals surface area contributed by atoms with Crippen LogP contribution in [0.3, 0.4) is 0 Å². The van der Waals surface area contributed by atoms with Gasteiger partial charge in [-0.3, -0.25) is 14.4 Å². The first kappa shape index (κ1) is 23.5. The molecule has 202 valence electrons. The van der Waals surface area contributed by atoms with Crippen LogP contribution in [0.2, 0.25) is 0 Å². The molecule has 38 heavy (non-hydrogen) atoms. The van der Waals surface area contributed by atoms with E-state index in [-0.39, 0.29) is 38.1 Å². The number of carbonyl (C=O) groups is 4. The Kier molecular flexibility index (Phi) is 3.91. The number of ether oxygens (including phenoxy) is 4. The molecule has 10 heteroatoms. The van der Waals surface area contributed by atoms with Crippen molar-refractivity contribution in [3.63, 3.8) is 0 Å². The van der Waals surface area contributed by atoms with Gasteiger partial charge in [-0.15, -0.1) is 0 Å². The maximum Gasteiger partial charge on any atom is 0.342 e. The van der Waals surface area contributed by atoms with E-state index in [9.17, 15) is 29.4 Å². The molecule has 5 aliphatic heterocycles. The number of aliphatic hydroxyl groups is 2. The maximum absolute atomic E-state index is 14.9. The number of Topliss-reactive ketones (excluding diaryl/α,β-unsaturated/α-hetero) is 1. The third kappa shape index (κ3) is 2.00. The molecule has 2 N–H and O–H groups in total. The van der Waals surface area contributed by atoms with Crippen LogP contribution < -0.4 is 0 Å². The predicted octanol–water partition coefficient (Wildman–Crippen LogP) is 0.528. The van der Waals surface area contributed by atoms with Crippen molar-refractivity contribution < 1.29 is 48.3 Å². The highest BCUT2D eigenvalue weighted by atomic mass is 16.8. The van der Waals surface area contributed by atoms with Crippen molar-refractivity contribution in [1.29, 1.82) is 0 Å². The Morgan fingerprint density at radius 3 is 2.61 bits per heavy atom. The Morgan fingerprint density at radius 2 is 1.84 bits per heavy atom. The monoisotopic (exact) mass is 526 g/mol. The molecule has 2 saturated carbocycles.